The van der Waals surface area contributed by atoms with E-state index in [1.165, 1.54) is 22.3 Å². The second-order valence-electron chi connectivity index (χ2n) is 5.85. The molecule has 0 radical (unpaired) electrons. The normalized spacial score (nSPS) is 15.4. The largest absolute Gasteiger partial charge is 0.340 e. The Labute approximate surface area is 122 Å². The van der Waals surface area contributed by atoms with Crippen LogP contribution in [0.1, 0.15) is 35.1 Å². The van der Waals surface area contributed by atoms with Crippen molar-refractivity contribution < 1.29 is 4.79 Å². The molecule has 1 aliphatic heterocycles. The van der Waals surface area contributed by atoms with Crippen LogP contribution in [0.25, 0.3) is 0 Å². The van der Waals surface area contributed by atoms with Gasteiger partial charge in [0.2, 0.25) is 5.91 Å². The third-order valence-corrected chi connectivity index (χ3v) is 4.26. The predicted octanol–water partition coefficient (Wildman–Crippen LogP) is 2.37. The molecule has 1 aromatic rings. The van der Waals surface area contributed by atoms with Crippen LogP contribution in [0.15, 0.2) is 12.1 Å². The first-order valence-electron chi connectivity index (χ1n) is 7.63. The first kappa shape index (κ1) is 15.0. The maximum atomic E-state index is 12.1. The molecule has 0 spiro atoms. The molecule has 1 N–H and O–H groups in total. The maximum absolute atomic E-state index is 12.1. The lowest BCUT2D eigenvalue weighted by atomic mass is 9.97. The lowest BCUT2D eigenvalue weighted by molar-refractivity contribution is -0.131. The van der Waals surface area contributed by atoms with Crippen molar-refractivity contribution >= 4 is 5.91 Å². The highest BCUT2D eigenvalue weighted by Gasteiger charge is 2.15. The van der Waals surface area contributed by atoms with E-state index in [0.29, 0.717) is 12.3 Å². The smallest absolute Gasteiger partial charge is 0.222 e. The number of nitrogens with zero attached hydrogens (tertiary/aromatic N) is 1. The zero-order valence-corrected chi connectivity index (χ0v) is 13.0. The van der Waals surface area contributed by atoms with Crippen LogP contribution in [0.5, 0.6) is 0 Å². The molecule has 1 aromatic carbocycles. The number of benzene rings is 1. The number of hydrogen-bond donors (Lipinski definition) is 1. The monoisotopic (exact) mass is 274 g/mol. The van der Waals surface area contributed by atoms with E-state index in [-0.39, 0.29) is 0 Å². The molecule has 1 fully saturated rings. The molecule has 3 nitrogen and oxygen atoms in total. The van der Waals surface area contributed by atoms with Crippen LogP contribution in [0.3, 0.4) is 0 Å². The number of carbonyl (C=O) groups is 1. The fourth-order valence-corrected chi connectivity index (χ4v) is 2.79. The van der Waals surface area contributed by atoms with Gasteiger partial charge >= 0.3 is 0 Å². The van der Waals surface area contributed by atoms with Crippen LogP contribution in [0.4, 0.5) is 0 Å². The summed E-state index contributed by atoms with van der Waals surface area (Å²) in [6.07, 6.45) is 2.63. The summed E-state index contributed by atoms with van der Waals surface area (Å²) in [6, 6.07) is 4.53. The number of piperazine rings is 1. The van der Waals surface area contributed by atoms with Gasteiger partial charge < -0.3 is 10.2 Å². The lowest BCUT2D eigenvalue weighted by Gasteiger charge is -2.27. The van der Waals surface area contributed by atoms with Crippen LogP contribution in [0, 0.1) is 20.8 Å². The molecular weight excluding hydrogens is 248 g/mol. The summed E-state index contributed by atoms with van der Waals surface area (Å²) >= 11 is 0. The Hall–Kier alpha value is -1.35. The molecule has 1 heterocycles. The summed E-state index contributed by atoms with van der Waals surface area (Å²) in [5, 5.41) is 3.28. The fraction of sp³-hybridized carbons (Fsp3) is 0.588. The number of carbonyl (C=O) groups excluding carboxylic acids is 1. The van der Waals surface area contributed by atoms with E-state index in [1.807, 2.05) is 4.90 Å². The Balaban J connectivity index is 1.83. The highest BCUT2D eigenvalue weighted by atomic mass is 16.2. The molecule has 20 heavy (non-hydrogen) atoms. The molecule has 0 aromatic heterocycles. The van der Waals surface area contributed by atoms with Gasteiger partial charge in [-0.2, -0.15) is 0 Å². The first-order chi connectivity index (χ1) is 9.58. The van der Waals surface area contributed by atoms with Gasteiger partial charge in [-0.05, 0) is 55.9 Å². The molecule has 0 saturated carbocycles. The van der Waals surface area contributed by atoms with Gasteiger partial charge in [-0.1, -0.05) is 12.1 Å². The molecule has 0 atom stereocenters. The molecule has 110 valence electrons. The molecule has 3 heteroatoms. The highest BCUT2D eigenvalue weighted by Crippen LogP contribution is 2.17. The summed E-state index contributed by atoms with van der Waals surface area (Å²) in [7, 11) is 0. The number of rotatable bonds is 4. The Morgan fingerprint density at radius 2 is 1.75 bits per heavy atom. The van der Waals surface area contributed by atoms with Crippen molar-refractivity contribution in [3.63, 3.8) is 0 Å². The fourth-order valence-electron chi connectivity index (χ4n) is 2.79. The minimum absolute atomic E-state index is 0.313. The minimum Gasteiger partial charge on any atom is -0.340 e. The predicted molar refractivity (Wildman–Crippen MR) is 83.0 cm³/mol. The quantitative estimate of drug-likeness (QED) is 0.914. The van der Waals surface area contributed by atoms with Crippen LogP contribution in [-0.4, -0.2) is 37.0 Å². The number of nitrogens with one attached hydrogen (secondary N) is 1. The number of hydrogen-bond acceptors (Lipinski definition) is 2. The molecule has 0 bridgehead atoms. The van der Waals surface area contributed by atoms with Crippen molar-refractivity contribution in [1.29, 1.82) is 0 Å². The molecule has 1 amide bonds. The van der Waals surface area contributed by atoms with E-state index in [1.54, 1.807) is 0 Å². The highest BCUT2D eigenvalue weighted by molar-refractivity contribution is 5.76. The summed E-state index contributed by atoms with van der Waals surface area (Å²) in [5.41, 5.74) is 5.44. The van der Waals surface area contributed by atoms with Crippen molar-refractivity contribution in [2.45, 2.75) is 40.0 Å². The van der Waals surface area contributed by atoms with E-state index >= 15 is 0 Å². The molecule has 2 rings (SSSR count). The Kier molecular flexibility index (Phi) is 5.18. The van der Waals surface area contributed by atoms with Crippen molar-refractivity contribution in [1.82, 2.24) is 10.2 Å². The molecule has 1 saturated heterocycles. The van der Waals surface area contributed by atoms with Gasteiger partial charge in [-0.3, -0.25) is 4.79 Å². The van der Waals surface area contributed by atoms with E-state index in [4.69, 9.17) is 0 Å². The van der Waals surface area contributed by atoms with E-state index in [2.05, 4.69) is 38.2 Å². The van der Waals surface area contributed by atoms with Gasteiger partial charge in [-0.25, -0.2) is 0 Å². The van der Waals surface area contributed by atoms with Gasteiger partial charge in [0.1, 0.15) is 0 Å². The van der Waals surface area contributed by atoms with E-state index in [0.717, 1.165) is 39.0 Å². The Bertz CT molecular complexity index is 476. The summed E-state index contributed by atoms with van der Waals surface area (Å²) in [5.74, 6) is 0.313. The molecule has 0 unspecified atom stereocenters. The zero-order valence-electron chi connectivity index (χ0n) is 13.0. The second kappa shape index (κ2) is 6.89. The van der Waals surface area contributed by atoms with Crippen molar-refractivity contribution in [3.8, 4) is 0 Å². The van der Waals surface area contributed by atoms with Gasteiger partial charge in [0.15, 0.2) is 0 Å². The van der Waals surface area contributed by atoms with Crippen LogP contribution in [-0.2, 0) is 11.2 Å². The number of amides is 1. The SMILES string of the molecule is Cc1cc(C)c(CCCC(=O)N2CCNCC2)cc1C. The zero-order chi connectivity index (χ0) is 14.5. The Morgan fingerprint density at radius 3 is 2.45 bits per heavy atom. The van der Waals surface area contributed by atoms with Crippen LogP contribution < -0.4 is 5.32 Å². The van der Waals surface area contributed by atoms with Crippen molar-refractivity contribution in [2.75, 3.05) is 26.2 Å². The van der Waals surface area contributed by atoms with Gasteiger partial charge in [0.25, 0.3) is 0 Å². The second-order valence-corrected chi connectivity index (χ2v) is 5.85. The van der Waals surface area contributed by atoms with Gasteiger partial charge in [0.05, 0.1) is 0 Å². The standard InChI is InChI=1S/C17H26N2O/c1-13-11-15(3)16(12-14(13)2)5-4-6-17(20)19-9-7-18-8-10-19/h11-12,18H,4-10H2,1-3H3. The third kappa shape index (κ3) is 3.83. The first-order valence-corrected chi connectivity index (χ1v) is 7.63. The molecular formula is C17H26N2O. The van der Waals surface area contributed by atoms with Gasteiger partial charge in [0, 0.05) is 32.6 Å². The summed E-state index contributed by atoms with van der Waals surface area (Å²) < 4.78 is 0. The van der Waals surface area contributed by atoms with E-state index in [9.17, 15) is 4.79 Å². The van der Waals surface area contributed by atoms with Crippen molar-refractivity contribution in [3.05, 3.63) is 34.4 Å². The Morgan fingerprint density at radius 1 is 1.10 bits per heavy atom. The minimum atomic E-state index is 0.313. The average Bonchev–Trinajstić information content (AvgIpc) is 2.45. The lowest BCUT2D eigenvalue weighted by Crippen LogP contribution is -2.46. The van der Waals surface area contributed by atoms with Crippen molar-refractivity contribution in [2.24, 2.45) is 0 Å². The van der Waals surface area contributed by atoms with Gasteiger partial charge in [-0.15, -0.1) is 0 Å². The third-order valence-electron chi connectivity index (χ3n) is 4.26. The van der Waals surface area contributed by atoms with E-state index < -0.39 is 0 Å². The summed E-state index contributed by atoms with van der Waals surface area (Å²) in [6.45, 7) is 10.1. The number of aryl methyl sites for hydroxylation is 4. The molecule has 0 aliphatic carbocycles. The van der Waals surface area contributed by atoms with Crippen LogP contribution in [0.2, 0.25) is 0 Å². The van der Waals surface area contributed by atoms with Crippen LogP contribution >= 0.6 is 0 Å². The topological polar surface area (TPSA) is 32.3 Å². The average molecular weight is 274 g/mol. The maximum Gasteiger partial charge on any atom is 0.222 e. The molecule has 1 aliphatic rings. The summed E-state index contributed by atoms with van der Waals surface area (Å²) in [4.78, 5) is 14.1.